The molecule has 5 heteroatoms. The van der Waals surface area contributed by atoms with Crippen molar-refractivity contribution >= 4 is 34.1 Å². The fraction of sp³-hybridized carbons (Fsp3) is 0.647. The largest absolute Gasteiger partial charge is 0.447 e. The lowest BCUT2D eigenvalue weighted by Crippen LogP contribution is -2.42. The first-order chi connectivity index (χ1) is 10.7. The third kappa shape index (κ3) is 3.61. The topological polar surface area (TPSA) is 18.5 Å². The standard InChI is InChI=1S/C17H26IN3P/c1-13-11-14(5-6-19-2)16-4-3-15(12-17(13)16)20-7-9-21(22-18)10-8-20/h3-4,12-14,19H,5-11H2,1-2H3/q-1/t13-,14-/m1/s1. The predicted molar refractivity (Wildman–Crippen MR) is 105 cm³/mol. The molecule has 122 valence electrons. The van der Waals surface area contributed by atoms with E-state index >= 15 is 0 Å². The van der Waals surface area contributed by atoms with Crippen LogP contribution in [0.25, 0.3) is 0 Å². The molecule has 0 unspecified atom stereocenters. The minimum Gasteiger partial charge on any atom is -0.447 e. The number of benzene rings is 1. The molecule has 3 rings (SSSR count). The maximum absolute atomic E-state index is 3.30. The zero-order valence-corrected chi connectivity index (χ0v) is 16.6. The second-order valence-corrected chi connectivity index (χ2v) is 8.57. The Bertz CT molecular complexity index is 503. The average Bonchev–Trinajstić information content (AvgIpc) is 2.88. The van der Waals surface area contributed by atoms with Crippen molar-refractivity contribution in [3.63, 3.8) is 0 Å². The van der Waals surface area contributed by atoms with Gasteiger partial charge in [-0.1, -0.05) is 13.0 Å². The van der Waals surface area contributed by atoms with Gasteiger partial charge in [0.1, 0.15) is 0 Å². The summed E-state index contributed by atoms with van der Waals surface area (Å²) < 4.78 is 2.50. The van der Waals surface area contributed by atoms with Crippen molar-refractivity contribution in [3.8, 4) is 0 Å². The van der Waals surface area contributed by atoms with E-state index in [1.165, 1.54) is 38.0 Å². The molecule has 1 aliphatic carbocycles. The van der Waals surface area contributed by atoms with Crippen LogP contribution in [0.2, 0.25) is 0 Å². The number of hydrogen-bond donors (Lipinski definition) is 1. The molecule has 1 N–H and O–H groups in total. The number of anilines is 1. The van der Waals surface area contributed by atoms with Crippen molar-refractivity contribution in [2.24, 2.45) is 0 Å². The van der Waals surface area contributed by atoms with Gasteiger partial charge >= 0.3 is 0 Å². The molecule has 1 saturated heterocycles. The summed E-state index contributed by atoms with van der Waals surface area (Å²) in [5, 5.41) is 3.30. The quantitative estimate of drug-likeness (QED) is 0.558. The Morgan fingerprint density at radius 2 is 2.00 bits per heavy atom. The van der Waals surface area contributed by atoms with Gasteiger partial charge in [0.25, 0.3) is 0 Å². The predicted octanol–water partition coefficient (Wildman–Crippen LogP) is 4.22. The Morgan fingerprint density at radius 3 is 2.68 bits per heavy atom. The Morgan fingerprint density at radius 1 is 1.23 bits per heavy atom. The smallest absolute Gasteiger partial charge is 0.0370 e. The molecule has 1 heterocycles. The van der Waals surface area contributed by atoms with Gasteiger partial charge in [0.15, 0.2) is 0 Å². The first kappa shape index (κ1) is 16.9. The molecule has 0 bridgehead atoms. The Balaban J connectivity index is 1.73. The highest BCUT2D eigenvalue weighted by Crippen LogP contribution is 2.44. The fourth-order valence-corrected chi connectivity index (χ4v) is 5.48. The molecule has 0 aromatic heterocycles. The van der Waals surface area contributed by atoms with Crippen LogP contribution in [-0.4, -0.2) is 44.4 Å². The number of piperazine rings is 1. The molecule has 0 amide bonds. The SMILES string of the molecule is CNCC[C@@H]1C[C@@H](C)c2cc(N3CCN([P-]I)CC3)ccc21. The molecule has 0 radical (unpaired) electrons. The van der Waals surface area contributed by atoms with Gasteiger partial charge in [-0.2, -0.15) is 0 Å². The zero-order chi connectivity index (χ0) is 15.5. The number of nitrogens with one attached hydrogen (secondary N) is 1. The number of fused-ring (bicyclic) bond motifs is 1. The van der Waals surface area contributed by atoms with Crippen LogP contribution < -0.4 is 10.2 Å². The molecular weight excluding hydrogens is 404 g/mol. The summed E-state index contributed by atoms with van der Waals surface area (Å²) in [5.41, 5.74) is 4.65. The van der Waals surface area contributed by atoms with Crippen molar-refractivity contribution in [2.45, 2.75) is 31.6 Å². The Hall–Kier alpha value is 0.1000. The van der Waals surface area contributed by atoms with Crippen molar-refractivity contribution < 1.29 is 0 Å². The highest BCUT2D eigenvalue weighted by Gasteiger charge is 2.28. The number of nitrogens with zero attached hydrogens (tertiary/aromatic N) is 2. The van der Waals surface area contributed by atoms with Gasteiger partial charge in [-0.3, -0.25) is 0 Å². The van der Waals surface area contributed by atoms with E-state index in [9.17, 15) is 0 Å². The van der Waals surface area contributed by atoms with E-state index in [0.717, 1.165) is 25.6 Å². The van der Waals surface area contributed by atoms with Crippen LogP contribution in [0.4, 0.5) is 5.69 Å². The van der Waals surface area contributed by atoms with E-state index in [-0.39, 0.29) is 0 Å². The average molecular weight is 430 g/mol. The highest BCUT2D eigenvalue weighted by atomic mass is 127. The van der Waals surface area contributed by atoms with Crippen molar-refractivity contribution in [1.29, 1.82) is 0 Å². The molecule has 0 saturated carbocycles. The van der Waals surface area contributed by atoms with Gasteiger partial charge in [-0.05, 0) is 74.6 Å². The molecule has 3 nitrogen and oxygen atoms in total. The van der Waals surface area contributed by atoms with Gasteiger partial charge in [-0.15, -0.1) is 0 Å². The minimum absolute atomic E-state index is 0.714. The van der Waals surface area contributed by atoms with E-state index in [0.29, 0.717) is 5.92 Å². The number of halogens is 1. The molecule has 2 aliphatic rings. The van der Waals surface area contributed by atoms with E-state index in [1.54, 1.807) is 11.1 Å². The molecule has 1 fully saturated rings. The molecule has 22 heavy (non-hydrogen) atoms. The van der Waals surface area contributed by atoms with Gasteiger partial charge < -0.3 is 43.3 Å². The summed E-state index contributed by atoms with van der Waals surface area (Å²) >= 11 is 2.44. The normalized spacial score (nSPS) is 26.0. The summed E-state index contributed by atoms with van der Waals surface area (Å²) in [6.07, 6.45) is 3.97. The second kappa shape index (κ2) is 7.78. The van der Waals surface area contributed by atoms with Gasteiger partial charge in [0, 0.05) is 18.8 Å². The molecular formula is C17H26IN3P-. The minimum atomic E-state index is 0.714. The number of hydrogen-bond acceptors (Lipinski definition) is 3. The number of rotatable bonds is 5. The van der Waals surface area contributed by atoms with Crippen LogP contribution in [-0.2, 0) is 0 Å². The van der Waals surface area contributed by atoms with E-state index in [4.69, 9.17) is 0 Å². The van der Waals surface area contributed by atoms with Crippen LogP contribution in [0, 0.1) is 0 Å². The summed E-state index contributed by atoms with van der Waals surface area (Å²) in [6.45, 7) is 8.20. The zero-order valence-electron chi connectivity index (χ0n) is 13.6. The van der Waals surface area contributed by atoms with Crippen molar-refractivity contribution in [1.82, 2.24) is 9.99 Å². The maximum Gasteiger partial charge on any atom is 0.0370 e. The lowest BCUT2D eigenvalue weighted by atomic mass is 9.97. The van der Waals surface area contributed by atoms with Crippen LogP contribution in [0.5, 0.6) is 0 Å². The molecule has 2 atom stereocenters. The Labute approximate surface area is 149 Å². The monoisotopic (exact) mass is 430 g/mol. The lowest BCUT2D eigenvalue weighted by molar-refractivity contribution is 0.428. The molecule has 1 aromatic carbocycles. The van der Waals surface area contributed by atoms with Crippen LogP contribution in [0.1, 0.15) is 42.7 Å². The summed E-state index contributed by atoms with van der Waals surface area (Å²) in [5.74, 6) is 1.46. The van der Waals surface area contributed by atoms with Crippen LogP contribution in [0.15, 0.2) is 18.2 Å². The first-order valence-corrected chi connectivity index (χ1v) is 12.0. The summed E-state index contributed by atoms with van der Waals surface area (Å²) in [6, 6.07) is 7.26. The Kier molecular flexibility index (Phi) is 5.99. The maximum atomic E-state index is 3.30. The lowest BCUT2D eigenvalue weighted by Gasteiger charge is -2.42. The third-order valence-corrected chi connectivity index (χ3v) is 7.59. The van der Waals surface area contributed by atoms with Gasteiger partial charge in [0.05, 0.1) is 0 Å². The van der Waals surface area contributed by atoms with Crippen molar-refractivity contribution in [2.75, 3.05) is 44.7 Å². The summed E-state index contributed by atoms with van der Waals surface area (Å²) in [7, 11) is 2.05. The first-order valence-electron chi connectivity index (χ1n) is 8.33. The van der Waals surface area contributed by atoms with E-state index in [1.807, 2.05) is 0 Å². The van der Waals surface area contributed by atoms with Crippen molar-refractivity contribution in [3.05, 3.63) is 29.3 Å². The molecule has 1 aromatic rings. The summed E-state index contributed by atoms with van der Waals surface area (Å²) in [4.78, 5) is 2.56. The van der Waals surface area contributed by atoms with E-state index in [2.05, 4.69) is 69.1 Å². The fourth-order valence-electron chi connectivity index (χ4n) is 3.86. The van der Waals surface area contributed by atoms with Gasteiger partial charge in [0.2, 0.25) is 0 Å². The second-order valence-electron chi connectivity index (χ2n) is 6.56. The van der Waals surface area contributed by atoms with Crippen LogP contribution >= 0.6 is 28.4 Å². The molecule has 0 spiro atoms. The van der Waals surface area contributed by atoms with Crippen LogP contribution in [0.3, 0.4) is 0 Å². The molecule has 1 aliphatic heterocycles. The van der Waals surface area contributed by atoms with E-state index < -0.39 is 0 Å². The third-order valence-electron chi connectivity index (χ3n) is 5.15. The van der Waals surface area contributed by atoms with Gasteiger partial charge in [-0.25, -0.2) is 0 Å². The highest BCUT2D eigenvalue weighted by molar-refractivity contribution is 14.2.